The minimum atomic E-state index is -1.11. The lowest BCUT2D eigenvalue weighted by Gasteiger charge is -2.43. The van der Waals surface area contributed by atoms with Crippen LogP contribution in [0.2, 0.25) is 0 Å². The van der Waals surface area contributed by atoms with Crippen molar-refractivity contribution < 1.29 is 19.4 Å². The van der Waals surface area contributed by atoms with Gasteiger partial charge in [0.2, 0.25) is 5.91 Å². The van der Waals surface area contributed by atoms with Crippen LogP contribution in [-0.4, -0.2) is 49.3 Å². The van der Waals surface area contributed by atoms with Crippen molar-refractivity contribution in [3.63, 3.8) is 0 Å². The average molecular weight is 469 g/mol. The zero-order valence-electron chi connectivity index (χ0n) is 20.7. The van der Waals surface area contributed by atoms with Crippen molar-refractivity contribution in [2.45, 2.75) is 57.5 Å². The molecule has 2 unspecified atom stereocenters. The Bertz CT molecular complexity index is 919. The van der Waals surface area contributed by atoms with Gasteiger partial charge in [0, 0.05) is 44.7 Å². The highest BCUT2D eigenvalue weighted by molar-refractivity contribution is 5.76. The number of nitrogens with two attached hydrogens (primary N) is 1. The highest BCUT2D eigenvalue weighted by Crippen LogP contribution is 2.44. The number of ether oxygens (including phenoxy) is 2. The zero-order chi connectivity index (χ0) is 24.4. The Hall–Kier alpha value is -2.41. The molecule has 1 aliphatic heterocycles. The van der Waals surface area contributed by atoms with Gasteiger partial charge in [0.25, 0.3) is 0 Å². The number of hydrogen-bond acceptors (Lipinski definition) is 5. The summed E-state index contributed by atoms with van der Waals surface area (Å²) in [5.74, 6) is 1.49. The van der Waals surface area contributed by atoms with Gasteiger partial charge in [0.15, 0.2) is 0 Å². The Kier molecular flexibility index (Phi) is 9.93. The molecule has 1 aliphatic rings. The average Bonchev–Trinajstić information content (AvgIpc) is 2.87. The van der Waals surface area contributed by atoms with Crippen LogP contribution in [0.3, 0.4) is 0 Å². The first-order valence-corrected chi connectivity index (χ1v) is 12.5. The van der Waals surface area contributed by atoms with Crippen LogP contribution in [0.4, 0.5) is 0 Å². The summed E-state index contributed by atoms with van der Waals surface area (Å²) in [6.07, 6.45) is 5.16. The molecule has 1 amide bonds. The van der Waals surface area contributed by atoms with Gasteiger partial charge < -0.3 is 25.2 Å². The second-order valence-corrected chi connectivity index (χ2v) is 9.31. The van der Waals surface area contributed by atoms with Crippen molar-refractivity contribution in [3.05, 3.63) is 59.7 Å². The summed E-state index contributed by atoms with van der Waals surface area (Å²) in [7, 11) is 1.70. The maximum Gasteiger partial charge on any atom is 0.222 e. The van der Waals surface area contributed by atoms with Crippen molar-refractivity contribution >= 4 is 5.91 Å². The minimum absolute atomic E-state index is 0.0766. The summed E-state index contributed by atoms with van der Waals surface area (Å²) in [4.78, 5) is 14.7. The molecule has 6 nitrogen and oxygen atoms in total. The highest BCUT2D eigenvalue weighted by Gasteiger charge is 2.42. The first kappa shape index (κ1) is 26.2. The normalized spacial score (nSPS) is 17.9. The van der Waals surface area contributed by atoms with Crippen LogP contribution < -0.4 is 10.5 Å². The number of unbranched alkanes of at least 4 members (excludes halogenated alkanes) is 1. The van der Waals surface area contributed by atoms with E-state index in [2.05, 4.69) is 0 Å². The van der Waals surface area contributed by atoms with Crippen LogP contribution in [0.5, 0.6) is 11.5 Å². The number of methoxy groups -OCH3 is 1. The number of carbonyl (C=O) groups excluding carboxylic acids is 1. The van der Waals surface area contributed by atoms with E-state index in [9.17, 15) is 9.90 Å². The quantitative estimate of drug-likeness (QED) is 0.438. The van der Waals surface area contributed by atoms with E-state index in [1.807, 2.05) is 60.4 Å². The topological polar surface area (TPSA) is 85.0 Å². The van der Waals surface area contributed by atoms with Crippen molar-refractivity contribution in [1.82, 2.24) is 4.90 Å². The van der Waals surface area contributed by atoms with Gasteiger partial charge in [0.1, 0.15) is 11.5 Å². The second-order valence-electron chi connectivity index (χ2n) is 9.31. The number of carbonyl (C=O) groups is 1. The number of amides is 1. The number of nitrogens with zero attached hydrogens (tertiary/aromatic N) is 1. The third-order valence-electron chi connectivity index (χ3n) is 6.87. The Balaban J connectivity index is 1.91. The molecule has 1 saturated heterocycles. The smallest absolute Gasteiger partial charge is 0.222 e. The zero-order valence-corrected chi connectivity index (χ0v) is 20.7. The number of hydrogen-bond donors (Lipinski definition) is 2. The van der Waals surface area contributed by atoms with E-state index in [1.54, 1.807) is 7.11 Å². The summed E-state index contributed by atoms with van der Waals surface area (Å²) in [6, 6.07) is 15.7. The third kappa shape index (κ3) is 6.59. The van der Waals surface area contributed by atoms with E-state index in [-0.39, 0.29) is 11.8 Å². The number of aliphatic hydroxyl groups is 1. The molecule has 1 fully saturated rings. The second kappa shape index (κ2) is 12.9. The molecule has 0 aliphatic carbocycles. The van der Waals surface area contributed by atoms with E-state index in [1.165, 1.54) is 0 Å². The van der Waals surface area contributed by atoms with Crippen LogP contribution in [0.15, 0.2) is 48.5 Å². The summed E-state index contributed by atoms with van der Waals surface area (Å²) in [5, 5.41) is 12.3. The molecule has 1 heterocycles. The van der Waals surface area contributed by atoms with Gasteiger partial charge in [-0.1, -0.05) is 36.4 Å². The van der Waals surface area contributed by atoms with Gasteiger partial charge in [-0.2, -0.15) is 0 Å². The molecule has 0 radical (unpaired) electrons. The van der Waals surface area contributed by atoms with Crippen molar-refractivity contribution in [2.75, 3.05) is 33.4 Å². The monoisotopic (exact) mass is 468 g/mol. The molecule has 0 aromatic heterocycles. The molecule has 2 aromatic rings. The third-order valence-corrected chi connectivity index (χ3v) is 6.87. The number of rotatable bonds is 12. The molecule has 6 heteroatoms. The largest absolute Gasteiger partial charge is 0.457 e. The minimum Gasteiger partial charge on any atom is -0.457 e. The Morgan fingerprint density at radius 3 is 2.59 bits per heavy atom. The Morgan fingerprint density at radius 2 is 1.85 bits per heavy atom. The summed E-state index contributed by atoms with van der Waals surface area (Å²) < 4.78 is 11.6. The van der Waals surface area contributed by atoms with E-state index in [0.717, 1.165) is 49.1 Å². The fraction of sp³-hybridized carbons (Fsp3) is 0.536. The van der Waals surface area contributed by atoms with E-state index < -0.39 is 5.60 Å². The SMILES string of the molecule is COCCCCC(O)(c1ccccc1Oc1ccccc1C)C1CCCN(C(=O)CCCN)C1. The molecule has 2 aromatic carbocycles. The summed E-state index contributed by atoms with van der Waals surface area (Å²) in [5.41, 5.74) is 6.33. The number of likely N-dealkylation sites (tertiary alicyclic amines) is 1. The lowest BCUT2D eigenvalue weighted by atomic mass is 9.73. The van der Waals surface area contributed by atoms with Crippen LogP contribution in [0, 0.1) is 12.8 Å². The standard InChI is InChI=1S/C28H40N2O4/c1-22-11-3-5-14-25(22)34-26-15-6-4-13-24(26)28(32,17-7-8-20-33-2)23-12-10-19-30(21-23)27(31)16-9-18-29/h3-6,11,13-15,23,32H,7-10,12,16-21,29H2,1-2H3. The van der Waals surface area contributed by atoms with Crippen LogP contribution >= 0.6 is 0 Å². The number of benzene rings is 2. The maximum absolute atomic E-state index is 12.8. The molecule has 2 atom stereocenters. The predicted molar refractivity (Wildman–Crippen MR) is 135 cm³/mol. The van der Waals surface area contributed by atoms with E-state index >= 15 is 0 Å². The van der Waals surface area contributed by atoms with Gasteiger partial charge in [-0.25, -0.2) is 0 Å². The number of aryl methyl sites for hydroxylation is 1. The molecule has 0 saturated carbocycles. The van der Waals surface area contributed by atoms with E-state index in [0.29, 0.717) is 44.7 Å². The van der Waals surface area contributed by atoms with Crippen LogP contribution in [0.25, 0.3) is 0 Å². The first-order chi connectivity index (χ1) is 16.5. The fourth-order valence-electron chi connectivity index (χ4n) is 4.91. The molecular weight excluding hydrogens is 428 g/mol. The Morgan fingerprint density at radius 1 is 1.12 bits per heavy atom. The summed E-state index contributed by atoms with van der Waals surface area (Å²) in [6.45, 7) is 4.46. The van der Waals surface area contributed by atoms with Gasteiger partial charge in [-0.15, -0.1) is 0 Å². The number of para-hydroxylation sites is 2. The van der Waals surface area contributed by atoms with Gasteiger partial charge in [-0.05, 0) is 69.7 Å². The molecular formula is C28H40N2O4. The number of piperidine rings is 1. The lowest BCUT2D eigenvalue weighted by molar-refractivity contribution is -0.136. The van der Waals surface area contributed by atoms with Crippen molar-refractivity contribution in [1.29, 1.82) is 0 Å². The highest BCUT2D eigenvalue weighted by atomic mass is 16.5. The van der Waals surface area contributed by atoms with Gasteiger partial charge in [-0.3, -0.25) is 4.79 Å². The lowest BCUT2D eigenvalue weighted by Crippen LogP contribution is -2.48. The summed E-state index contributed by atoms with van der Waals surface area (Å²) >= 11 is 0. The van der Waals surface area contributed by atoms with Crippen LogP contribution in [0.1, 0.15) is 56.1 Å². The van der Waals surface area contributed by atoms with Crippen molar-refractivity contribution in [3.8, 4) is 11.5 Å². The van der Waals surface area contributed by atoms with E-state index in [4.69, 9.17) is 15.2 Å². The molecule has 3 N–H and O–H groups in total. The molecule has 34 heavy (non-hydrogen) atoms. The fourth-order valence-corrected chi connectivity index (χ4v) is 4.91. The van der Waals surface area contributed by atoms with Gasteiger partial charge >= 0.3 is 0 Å². The Labute approximate surface area is 204 Å². The maximum atomic E-state index is 12.8. The molecule has 0 bridgehead atoms. The molecule has 3 rings (SSSR count). The van der Waals surface area contributed by atoms with Crippen LogP contribution in [-0.2, 0) is 15.1 Å². The van der Waals surface area contributed by atoms with Crippen molar-refractivity contribution in [2.24, 2.45) is 11.7 Å². The molecule has 186 valence electrons. The first-order valence-electron chi connectivity index (χ1n) is 12.5. The molecule has 0 spiro atoms. The van der Waals surface area contributed by atoms with Gasteiger partial charge in [0.05, 0.1) is 5.60 Å². The predicted octanol–water partition coefficient (Wildman–Crippen LogP) is 4.77.